The number of rotatable bonds is 2. The van der Waals surface area contributed by atoms with Gasteiger partial charge in [0, 0.05) is 12.6 Å². The fourth-order valence-electron chi connectivity index (χ4n) is 3.41. The van der Waals surface area contributed by atoms with Gasteiger partial charge >= 0.3 is 6.01 Å². The van der Waals surface area contributed by atoms with E-state index in [1.807, 2.05) is 0 Å². The van der Waals surface area contributed by atoms with Crippen LogP contribution in [-0.2, 0) is 0 Å². The van der Waals surface area contributed by atoms with Crippen molar-refractivity contribution >= 4 is 17.5 Å². The zero-order chi connectivity index (χ0) is 13.2. The van der Waals surface area contributed by atoms with Gasteiger partial charge in [-0.1, -0.05) is 12.8 Å². The third-order valence-electron chi connectivity index (χ3n) is 4.26. The van der Waals surface area contributed by atoms with Gasteiger partial charge in [0.25, 0.3) is 0 Å². The molecular weight excluding hydrogens is 264 g/mol. The first-order valence-electron chi connectivity index (χ1n) is 7.00. The molecule has 0 spiro atoms. The Hall–Kier alpha value is -1.10. The summed E-state index contributed by atoms with van der Waals surface area (Å²) in [5.41, 5.74) is 0. The highest BCUT2D eigenvalue weighted by Gasteiger charge is 2.34. The Labute approximate surface area is 118 Å². The monoisotopic (exact) mass is 282 g/mol. The maximum atomic E-state index is 5.95. The van der Waals surface area contributed by atoms with Gasteiger partial charge in [0.05, 0.1) is 7.11 Å². The lowest BCUT2D eigenvalue weighted by Gasteiger charge is -2.44. The number of aromatic nitrogens is 3. The number of fused-ring (bicyclic) bond motifs is 1. The molecule has 0 amide bonds. The molecule has 1 aromatic heterocycles. The first kappa shape index (κ1) is 12.9. The number of anilines is 1. The minimum absolute atomic E-state index is 0.208. The molecule has 2 atom stereocenters. The highest BCUT2D eigenvalue weighted by molar-refractivity contribution is 6.28. The van der Waals surface area contributed by atoms with Crippen LogP contribution in [0.2, 0.25) is 5.28 Å². The van der Waals surface area contributed by atoms with E-state index in [1.165, 1.54) is 38.5 Å². The van der Waals surface area contributed by atoms with Gasteiger partial charge in [-0.2, -0.15) is 15.0 Å². The summed E-state index contributed by atoms with van der Waals surface area (Å²) in [5, 5.41) is 0.208. The summed E-state index contributed by atoms with van der Waals surface area (Å²) in [6, 6.07) is 0.860. The van der Waals surface area contributed by atoms with Crippen molar-refractivity contribution < 1.29 is 4.74 Å². The average Bonchev–Trinajstić information content (AvgIpc) is 2.46. The van der Waals surface area contributed by atoms with Crippen LogP contribution in [0.15, 0.2) is 0 Å². The highest BCUT2D eigenvalue weighted by Crippen LogP contribution is 2.37. The van der Waals surface area contributed by atoms with Crippen molar-refractivity contribution in [3.8, 4) is 6.01 Å². The minimum atomic E-state index is 0.208. The van der Waals surface area contributed by atoms with E-state index in [2.05, 4.69) is 19.9 Å². The molecule has 104 valence electrons. The van der Waals surface area contributed by atoms with Crippen LogP contribution in [0.5, 0.6) is 6.01 Å². The lowest BCUT2D eigenvalue weighted by Crippen LogP contribution is -2.47. The van der Waals surface area contributed by atoms with Crippen molar-refractivity contribution in [3.63, 3.8) is 0 Å². The number of halogens is 1. The quantitative estimate of drug-likeness (QED) is 0.835. The third-order valence-corrected chi connectivity index (χ3v) is 4.43. The predicted molar refractivity (Wildman–Crippen MR) is 73.7 cm³/mol. The Balaban J connectivity index is 1.89. The fraction of sp³-hybridized carbons (Fsp3) is 0.769. The summed E-state index contributed by atoms with van der Waals surface area (Å²) in [4.78, 5) is 14.9. The van der Waals surface area contributed by atoms with Gasteiger partial charge in [0.15, 0.2) is 0 Å². The van der Waals surface area contributed by atoms with E-state index in [4.69, 9.17) is 16.3 Å². The van der Waals surface area contributed by atoms with E-state index in [-0.39, 0.29) is 5.28 Å². The highest BCUT2D eigenvalue weighted by atomic mass is 35.5. The summed E-state index contributed by atoms with van der Waals surface area (Å²) in [6.45, 7) is 1.00. The molecule has 0 unspecified atom stereocenters. The first-order valence-corrected chi connectivity index (χ1v) is 7.38. The topological polar surface area (TPSA) is 51.1 Å². The van der Waals surface area contributed by atoms with Gasteiger partial charge in [-0.05, 0) is 43.2 Å². The van der Waals surface area contributed by atoms with Gasteiger partial charge < -0.3 is 9.64 Å². The Morgan fingerprint density at radius 2 is 1.89 bits per heavy atom. The second kappa shape index (κ2) is 5.49. The summed E-state index contributed by atoms with van der Waals surface area (Å²) in [6.07, 6.45) is 7.75. The molecule has 0 bridgehead atoms. The Bertz CT molecular complexity index is 454. The lowest BCUT2D eigenvalue weighted by atomic mass is 9.78. The van der Waals surface area contributed by atoms with Crippen molar-refractivity contribution in [1.29, 1.82) is 0 Å². The van der Waals surface area contributed by atoms with Crippen molar-refractivity contribution in [2.45, 2.75) is 44.6 Å². The summed E-state index contributed by atoms with van der Waals surface area (Å²) in [7, 11) is 1.55. The number of nitrogens with zero attached hydrogens (tertiary/aromatic N) is 4. The van der Waals surface area contributed by atoms with Gasteiger partial charge in [-0.3, -0.25) is 0 Å². The summed E-state index contributed by atoms with van der Waals surface area (Å²) in [5.74, 6) is 1.46. The number of piperidine rings is 1. The molecule has 19 heavy (non-hydrogen) atoms. The molecule has 3 rings (SSSR count). The van der Waals surface area contributed by atoms with Crippen LogP contribution in [-0.4, -0.2) is 34.6 Å². The van der Waals surface area contributed by atoms with Gasteiger partial charge in [-0.25, -0.2) is 0 Å². The van der Waals surface area contributed by atoms with Crippen molar-refractivity contribution in [1.82, 2.24) is 15.0 Å². The molecule has 1 aromatic rings. The molecule has 0 aromatic carbocycles. The molecule has 1 saturated carbocycles. The molecule has 1 aliphatic carbocycles. The number of hydrogen-bond donors (Lipinski definition) is 0. The molecule has 2 fully saturated rings. The SMILES string of the molecule is COc1nc(Cl)nc(N2CCC[C@H]3CCCC[C@H]32)n1. The molecular formula is C13H19ClN4O. The predicted octanol–water partition coefficient (Wildman–Crippen LogP) is 2.69. The number of ether oxygens (including phenoxy) is 1. The summed E-state index contributed by atoms with van der Waals surface area (Å²) >= 11 is 5.95. The molecule has 0 radical (unpaired) electrons. The van der Waals surface area contributed by atoms with E-state index in [0.717, 1.165) is 12.5 Å². The Morgan fingerprint density at radius 1 is 1.11 bits per heavy atom. The molecule has 2 aliphatic rings. The van der Waals surface area contributed by atoms with Crippen LogP contribution < -0.4 is 9.64 Å². The van der Waals surface area contributed by atoms with Crippen LogP contribution in [0.1, 0.15) is 38.5 Å². The molecule has 1 aliphatic heterocycles. The first-order chi connectivity index (χ1) is 9.28. The second-order valence-electron chi connectivity index (χ2n) is 5.34. The van der Waals surface area contributed by atoms with Gasteiger partial charge in [0.2, 0.25) is 11.2 Å². The molecule has 1 saturated heterocycles. The Kier molecular flexibility index (Phi) is 3.73. The van der Waals surface area contributed by atoms with E-state index in [0.29, 0.717) is 18.0 Å². The number of hydrogen-bond acceptors (Lipinski definition) is 5. The largest absolute Gasteiger partial charge is 0.467 e. The zero-order valence-electron chi connectivity index (χ0n) is 11.2. The van der Waals surface area contributed by atoms with E-state index in [9.17, 15) is 0 Å². The Morgan fingerprint density at radius 3 is 2.74 bits per heavy atom. The van der Waals surface area contributed by atoms with E-state index in [1.54, 1.807) is 7.11 Å². The van der Waals surface area contributed by atoms with Crippen LogP contribution in [0.4, 0.5) is 5.95 Å². The second-order valence-corrected chi connectivity index (χ2v) is 5.68. The minimum Gasteiger partial charge on any atom is -0.467 e. The molecule has 6 heteroatoms. The van der Waals surface area contributed by atoms with Gasteiger partial charge in [-0.15, -0.1) is 0 Å². The maximum Gasteiger partial charge on any atom is 0.322 e. The fourth-order valence-corrected chi connectivity index (χ4v) is 3.56. The normalized spacial score (nSPS) is 26.9. The smallest absolute Gasteiger partial charge is 0.322 e. The van der Waals surface area contributed by atoms with Crippen LogP contribution in [0, 0.1) is 5.92 Å². The van der Waals surface area contributed by atoms with Gasteiger partial charge in [0.1, 0.15) is 0 Å². The molecule has 2 heterocycles. The third kappa shape index (κ3) is 2.61. The van der Waals surface area contributed by atoms with Crippen LogP contribution in [0.3, 0.4) is 0 Å². The molecule has 0 N–H and O–H groups in total. The van der Waals surface area contributed by atoms with Crippen LogP contribution >= 0.6 is 11.6 Å². The van der Waals surface area contributed by atoms with Crippen molar-refractivity contribution in [2.75, 3.05) is 18.6 Å². The average molecular weight is 283 g/mol. The van der Waals surface area contributed by atoms with Crippen molar-refractivity contribution in [3.05, 3.63) is 5.28 Å². The lowest BCUT2D eigenvalue weighted by molar-refractivity contribution is 0.241. The molecule has 5 nitrogen and oxygen atoms in total. The van der Waals surface area contributed by atoms with Crippen LogP contribution in [0.25, 0.3) is 0 Å². The van der Waals surface area contributed by atoms with E-state index >= 15 is 0 Å². The van der Waals surface area contributed by atoms with Crippen molar-refractivity contribution in [2.24, 2.45) is 5.92 Å². The van der Waals surface area contributed by atoms with E-state index < -0.39 is 0 Å². The summed E-state index contributed by atoms with van der Waals surface area (Å²) < 4.78 is 5.09. The maximum absolute atomic E-state index is 5.95. The zero-order valence-corrected chi connectivity index (χ0v) is 11.9. The number of methoxy groups -OCH3 is 1. The standard InChI is InChI=1S/C13H19ClN4O/c1-19-13-16-11(14)15-12(17-13)18-8-4-6-9-5-2-3-7-10(9)18/h9-10H,2-8H2,1H3/t9-,10-/m1/s1.